The lowest BCUT2D eigenvalue weighted by molar-refractivity contribution is 1.06. The summed E-state index contributed by atoms with van der Waals surface area (Å²) in [6, 6.07) is 9.65. The maximum absolute atomic E-state index is 5.89. The second kappa shape index (κ2) is 4.29. The first-order chi connectivity index (χ1) is 7.16. The number of benzene rings is 1. The van der Waals surface area contributed by atoms with Gasteiger partial charge in [-0.3, -0.25) is 0 Å². The van der Waals surface area contributed by atoms with E-state index < -0.39 is 0 Å². The van der Waals surface area contributed by atoms with Gasteiger partial charge in [0.2, 0.25) is 0 Å². The van der Waals surface area contributed by atoms with Crippen molar-refractivity contribution < 1.29 is 0 Å². The van der Waals surface area contributed by atoms with Crippen molar-refractivity contribution in [1.82, 2.24) is 9.97 Å². The maximum atomic E-state index is 5.89. The summed E-state index contributed by atoms with van der Waals surface area (Å²) in [4.78, 5) is 8.37. The van der Waals surface area contributed by atoms with Crippen LogP contribution in [0.5, 0.6) is 0 Å². The van der Waals surface area contributed by atoms with Crippen LogP contribution in [0.25, 0.3) is 11.3 Å². The third-order valence-corrected chi connectivity index (χ3v) is 2.84. The van der Waals surface area contributed by atoms with Gasteiger partial charge in [0.25, 0.3) is 0 Å². The Morgan fingerprint density at radius 2 is 1.93 bits per heavy atom. The Morgan fingerprint density at radius 1 is 1.20 bits per heavy atom. The van der Waals surface area contributed by atoms with E-state index in [4.69, 9.17) is 11.6 Å². The van der Waals surface area contributed by atoms with Crippen LogP contribution in [0.3, 0.4) is 0 Å². The van der Waals surface area contributed by atoms with Crippen LogP contribution >= 0.6 is 27.5 Å². The number of aryl methyl sites for hydroxylation is 1. The quantitative estimate of drug-likeness (QED) is 0.743. The monoisotopic (exact) mass is 282 g/mol. The van der Waals surface area contributed by atoms with Gasteiger partial charge in [0.05, 0.1) is 5.69 Å². The van der Waals surface area contributed by atoms with Crippen molar-refractivity contribution >= 4 is 27.5 Å². The average molecular weight is 284 g/mol. The minimum absolute atomic E-state index is 0.466. The Balaban J connectivity index is 2.59. The summed E-state index contributed by atoms with van der Waals surface area (Å²) in [5.41, 5.74) is 1.85. The van der Waals surface area contributed by atoms with Gasteiger partial charge in [0.1, 0.15) is 11.0 Å². The molecule has 2 aromatic rings. The van der Waals surface area contributed by atoms with Gasteiger partial charge < -0.3 is 0 Å². The second-order valence-electron chi connectivity index (χ2n) is 3.10. The number of rotatable bonds is 1. The summed E-state index contributed by atoms with van der Waals surface area (Å²) >= 11 is 9.36. The highest BCUT2D eigenvalue weighted by Crippen LogP contribution is 2.27. The van der Waals surface area contributed by atoms with Crippen LogP contribution in [0.1, 0.15) is 5.82 Å². The zero-order chi connectivity index (χ0) is 10.8. The Hall–Kier alpha value is -0.930. The van der Waals surface area contributed by atoms with Crippen molar-refractivity contribution in [3.8, 4) is 11.3 Å². The fourth-order valence-corrected chi connectivity index (χ4v) is 2.05. The Morgan fingerprint density at radius 3 is 2.60 bits per heavy atom. The van der Waals surface area contributed by atoms with E-state index in [9.17, 15) is 0 Å². The molecule has 1 aromatic carbocycles. The molecule has 0 saturated heterocycles. The van der Waals surface area contributed by atoms with Gasteiger partial charge in [0, 0.05) is 16.1 Å². The van der Waals surface area contributed by atoms with Crippen LogP contribution in [-0.2, 0) is 0 Å². The van der Waals surface area contributed by atoms with Crippen molar-refractivity contribution in [1.29, 1.82) is 0 Å². The molecule has 0 aliphatic carbocycles. The predicted molar refractivity (Wildman–Crippen MR) is 64.9 cm³/mol. The van der Waals surface area contributed by atoms with Gasteiger partial charge in [-0.25, -0.2) is 9.97 Å². The first kappa shape index (κ1) is 10.6. The molecule has 0 amide bonds. The first-order valence-corrected chi connectivity index (χ1v) is 5.60. The van der Waals surface area contributed by atoms with Crippen LogP contribution in [0.15, 0.2) is 34.8 Å². The molecule has 0 spiro atoms. The standard InChI is InChI=1S/C11H8BrClN2/c1-7-14-10(6-11(13)15-7)8-4-2-3-5-9(8)12/h2-6H,1H3. The summed E-state index contributed by atoms with van der Waals surface area (Å²) in [5.74, 6) is 0.674. The van der Waals surface area contributed by atoms with Gasteiger partial charge in [-0.15, -0.1) is 0 Å². The minimum Gasteiger partial charge on any atom is -0.233 e. The lowest BCUT2D eigenvalue weighted by Gasteiger charge is -2.04. The SMILES string of the molecule is Cc1nc(Cl)cc(-c2ccccc2Br)n1. The molecule has 0 radical (unpaired) electrons. The van der Waals surface area contributed by atoms with Crippen molar-refractivity contribution in [3.63, 3.8) is 0 Å². The molecule has 1 aromatic heterocycles. The molecule has 0 aliphatic heterocycles. The fraction of sp³-hybridized carbons (Fsp3) is 0.0909. The van der Waals surface area contributed by atoms with Gasteiger partial charge in [-0.2, -0.15) is 0 Å². The molecule has 0 aliphatic rings. The van der Waals surface area contributed by atoms with E-state index in [1.54, 1.807) is 6.07 Å². The van der Waals surface area contributed by atoms with Crippen LogP contribution in [0.4, 0.5) is 0 Å². The average Bonchev–Trinajstić information content (AvgIpc) is 2.16. The largest absolute Gasteiger partial charge is 0.233 e. The van der Waals surface area contributed by atoms with E-state index in [2.05, 4.69) is 25.9 Å². The molecule has 0 unspecified atom stereocenters. The first-order valence-electron chi connectivity index (χ1n) is 4.43. The molecular formula is C11H8BrClN2. The number of hydrogen-bond donors (Lipinski definition) is 0. The van der Waals surface area contributed by atoms with E-state index in [0.717, 1.165) is 15.7 Å². The van der Waals surface area contributed by atoms with E-state index in [1.165, 1.54) is 0 Å². The van der Waals surface area contributed by atoms with Gasteiger partial charge in [-0.05, 0) is 13.0 Å². The van der Waals surface area contributed by atoms with Crippen LogP contribution in [0.2, 0.25) is 5.15 Å². The molecule has 4 heteroatoms. The summed E-state index contributed by atoms with van der Waals surface area (Å²) in [7, 11) is 0. The van der Waals surface area contributed by atoms with Crippen molar-refractivity contribution in [2.45, 2.75) is 6.92 Å². The molecule has 0 N–H and O–H groups in total. The third-order valence-electron chi connectivity index (χ3n) is 1.96. The molecule has 0 atom stereocenters. The molecule has 2 rings (SSSR count). The molecule has 0 fully saturated rings. The van der Waals surface area contributed by atoms with Crippen LogP contribution < -0.4 is 0 Å². The summed E-state index contributed by atoms with van der Waals surface area (Å²) in [6.07, 6.45) is 0. The highest BCUT2D eigenvalue weighted by molar-refractivity contribution is 9.10. The molecule has 2 nitrogen and oxygen atoms in total. The lowest BCUT2D eigenvalue weighted by Crippen LogP contribution is -1.91. The van der Waals surface area contributed by atoms with Crippen LogP contribution in [0, 0.1) is 6.92 Å². The number of aromatic nitrogens is 2. The fourth-order valence-electron chi connectivity index (χ4n) is 1.34. The highest BCUT2D eigenvalue weighted by atomic mass is 79.9. The second-order valence-corrected chi connectivity index (χ2v) is 4.34. The molecule has 76 valence electrons. The van der Waals surface area contributed by atoms with E-state index >= 15 is 0 Å². The summed E-state index contributed by atoms with van der Waals surface area (Å²) < 4.78 is 0.999. The van der Waals surface area contributed by atoms with Gasteiger partial charge >= 0.3 is 0 Å². The summed E-state index contributed by atoms with van der Waals surface area (Å²) in [6.45, 7) is 1.83. The highest BCUT2D eigenvalue weighted by Gasteiger charge is 2.05. The Kier molecular flexibility index (Phi) is 3.03. The minimum atomic E-state index is 0.466. The zero-order valence-corrected chi connectivity index (χ0v) is 10.4. The Labute approximate surface area is 101 Å². The molecule has 0 saturated carbocycles. The maximum Gasteiger partial charge on any atom is 0.133 e. The molecule has 15 heavy (non-hydrogen) atoms. The lowest BCUT2D eigenvalue weighted by atomic mass is 10.1. The van der Waals surface area contributed by atoms with Crippen molar-refractivity contribution in [3.05, 3.63) is 45.8 Å². The third kappa shape index (κ3) is 2.36. The smallest absolute Gasteiger partial charge is 0.133 e. The van der Waals surface area contributed by atoms with E-state index in [1.807, 2.05) is 31.2 Å². The number of nitrogens with zero attached hydrogens (tertiary/aromatic N) is 2. The topological polar surface area (TPSA) is 25.8 Å². The zero-order valence-electron chi connectivity index (χ0n) is 8.04. The van der Waals surface area contributed by atoms with Crippen LogP contribution in [-0.4, -0.2) is 9.97 Å². The predicted octanol–water partition coefficient (Wildman–Crippen LogP) is 3.87. The van der Waals surface area contributed by atoms with Gasteiger partial charge in [-0.1, -0.05) is 45.7 Å². The molecule has 1 heterocycles. The normalized spacial score (nSPS) is 10.3. The van der Waals surface area contributed by atoms with E-state index in [-0.39, 0.29) is 0 Å². The van der Waals surface area contributed by atoms with Crippen molar-refractivity contribution in [2.24, 2.45) is 0 Å². The summed E-state index contributed by atoms with van der Waals surface area (Å²) in [5, 5.41) is 0.466. The molecular weight excluding hydrogens is 275 g/mol. The Bertz CT molecular complexity index is 479. The number of hydrogen-bond acceptors (Lipinski definition) is 2. The molecule has 0 bridgehead atoms. The number of halogens is 2. The van der Waals surface area contributed by atoms with Crippen molar-refractivity contribution in [2.75, 3.05) is 0 Å². The van der Waals surface area contributed by atoms with Gasteiger partial charge in [0.15, 0.2) is 0 Å². The van der Waals surface area contributed by atoms with E-state index in [0.29, 0.717) is 11.0 Å².